The number of carbonyl (C=O) groups excluding carboxylic acids is 1. The van der Waals surface area contributed by atoms with Gasteiger partial charge in [-0.05, 0) is 83.3 Å². The van der Waals surface area contributed by atoms with Gasteiger partial charge in [0, 0.05) is 48.5 Å². The Hall–Kier alpha value is -2.97. The summed E-state index contributed by atoms with van der Waals surface area (Å²) in [4.78, 5) is 35.2. The number of carbonyl (C=O) groups is 1. The quantitative estimate of drug-likeness (QED) is 0.323. The van der Waals surface area contributed by atoms with Crippen LogP contribution in [0.15, 0.2) is 49.1 Å². The Labute approximate surface area is 227 Å². The van der Waals surface area contributed by atoms with E-state index in [4.69, 9.17) is 0 Å². The van der Waals surface area contributed by atoms with Gasteiger partial charge < -0.3 is 19.8 Å². The molecule has 0 unspecified atom stereocenters. The Bertz CT molecular complexity index is 1040. The fourth-order valence-electron chi connectivity index (χ4n) is 5.75. The summed E-state index contributed by atoms with van der Waals surface area (Å²) in [5.41, 5.74) is 2.11. The van der Waals surface area contributed by atoms with E-state index in [9.17, 15) is 4.79 Å². The van der Waals surface area contributed by atoms with Crippen LogP contribution in [0.3, 0.4) is 0 Å². The number of hydrogen-bond acceptors (Lipinski definition) is 5. The molecular weight excluding hydrogens is 474 g/mol. The van der Waals surface area contributed by atoms with Crippen LogP contribution >= 0.6 is 0 Å². The van der Waals surface area contributed by atoms with Crippen LogP contribution in [-0.4, -0.2) is 72.3 Å². The molecule has 2 heterocycles. The minimum atomic E-state index is -0.0355. The molecule has 0 spiro atoms. The number of hydrogen-bond donors (Lipinski definition) is 2. The first-order valence-corrected chi connectivity index (χ1v) is 14.2. The Morgan fingerprint density at radius 2 is 1.47 bits per heavy atom. The molecule has 1 aliphatic carbocycles. The molecule has 0 aliphatic heterocycles. The molecule has 0 atom stereocenters. The minimum absolute atomic E-state index is 0.0355. The number of imidazole rings is 2. The summed E-state index contributed by atoms with van der Waals surface area (Å²) in [6.07, 6.45) is 14.4. The molecule has 0 bridgehead atoms. The number of aromatic amines is 2. The van der Waals surface area contributed by atoms with Crippen LogP contribution in [0.4, 0.5) is 0 Å². The van der Waals surface area contributed by atoms with Crippen molar-refractivity contribution in [1.82, 2.24) is 34.6 Å². The van der Waals surface area contributed by atoms with E-state index in [1.807, 2.05) is 12.1 Å². The van der Waals surface area contributed by atoms with Crippen LogP contribution < -0.4 is 0 Å². The molecule has 3 aromatic rings. The summed E-state index contributed by atoms with van der Waals surface area (Å²) >= 11 is 0. The molecule has 1 saturated carbocycles. The van der Waals surface area contributed by atoms with Gasteiger partial charge in [-0.3, -0.25) is 9.69 Å². The second-order valence-corrected chi connectivity index (χ2v) is 11.1. The van der Waals surface area contributed by atoms with E-state index in [0.29, 0.717) is 18.7 Å². The number of H-pyrrole nitrogens is 2. The average Bonchev–Trinajstić information content (AvgIpc) is 3.63. The van der Waals surface area contributed by atoms with Gasteiger partial charge in [-0.2, -0.15) is 0 Å². The zero-order valence-corrected chi connectivity index (χ0v) is 23.6. The molecule has 38 heavy (non-hydrogen) atoms. The topological polar surface area (TPSA) is 84.2 Å². The zero-order chi connectivity index (χ0) is 27.0. The van der Waals surface area contributed by atoms with E-state index >= 15 is 0 Å². The average molecular weight is 520 g/mol. The third kappa shape index (κ3) is 7.11. The molecule has 8 heteroatoms. The fourth-order valence-corrected chi connectivity index (χ4v) is 5.75. The smallest absolute Gasteiger partial charge is 0.254 e. The molecule has 1 aliphatic rings. The second kappa shape index (κ2) is 13.2. The van der Waals surface area contributed by atoms with Crippen molar-refractivity contribution in [2.24, 2.45) is 0 Å². The molecule has 0 saturated heterocycles. The molecule has 1 amide bonds. The number of aromatic nitrogens is 4. The highest BCUT2D eigenvalue weighted by Gasteiger charge is 2.36. The zero-order valence-electron chi connectivity index (χ0n) is 23.6. The predicted molar refractivity (Wildman–Crippen MR) is 151 cm³/mol. The third-order valence-corrected chi connectivity index (χ3v) is 8.19. The SMILES string of the molecule is CCCN(CCC)[C@H]1CC[C@](C)(N(C)Cc2ccc(C(=O)N(Cc3ncc[nH]3)Cc3ncc[nH]3)cc2)CC1. The minimum Gasteiger partial charge on any atom is -0.347 e. The first kappa shape index (κ1) is 28.0. The summed E-state index contributed by atoms with van der Waals surface area (Å²) in [6.45, 7) is 11.1. The van der Waals surface area contributed by atoms with Gasteiger partial charge in [0.1, 0.15) is 11.6 Å². The van der Waals surface area contributed by atoms with E-state index in [2.05, 4.69) is 69.7 Å². The third-order valence-electron chi connectivity index (χ3n) is 8.19. The predicted octanol–water partition coefficient (Wildman–Crippen LogP) is 5.23. The second-order valence-electron chi connectivity index (χ2n) is 11.1. The highest BCUT2D eigenvalue weighted by atomic mass is 16.2. The van der Waals surface area contributed by atoms with Crippen LogP contribution in [-0.2, 0) is 19.6 Å². The molecule has 1 aromatic carbocycles. The van der Waals surface area contributed by atoms with E-state index in [1.165, 1.54) is 57.2 Å². The molecule has 1 fully saturated rings. The van der Waals surface area contributed by atoms with Crippen molar-refractivity contribution in [3.63, 3.8) is 0 Å². The summed E-state index contributed by atoms with van der Waals surface area (Å²) in [6, 6.07) is 8.83. The standard InChI is InChI=1S/C30H45N7O/c1-5-19-36(20-6-2)26-11-13-30(3,14-12-26)35(4)21-24-7-9-25(10-8-24)29(38)37(22-27-31-15-16-32-27)23-28-33-17-18-34-28/h7-10,15-18,26H,5-6,11-14,19-23H2,1-4H3,(H,31,32)(H,33,34)/t26-,30-. The van der Waals surface area contributed by atoms with Gasteiger partial charge in [-0.15, -0.1) is 0 Å². The molecule has 0 radical (unpaired) electrons. The van der Waals surface area contributed by atoms with E-state index in [0.717, 1.165) is 24.2 Å². The van der Waals surface area contributed by atoms with Gasteiger partial charge in [-0.25, -0.2) is 9.97 Å². The van der Waals surface area contributed by atoms with Crippen molar-refractivity contribution in [1.29, 1.82) is 0 Å². The van der Waals surface area contributed by atoms with Crippen molar-refractivity contribution in [2.75, 3.05) is 20.1 Å². The van der Waals surface area contributed by atoms with Gasteiger partial charge in [0.15, 0.2) is 0 Å². The number of benzene rings is 1. The first-order chi connectivity index (χ1) is 18.4. The number of nitrogens with one attached hydrogen (secondary N) is 2. The number of amides is 1. The van der Waals surface area contributed by atoms with Crippen LogP contribution in [0.5, 0.6) is 0 Å². The van der Waals surface area contributed by atoms with Crippen LogP contribution in [0.1, 0.15) is 86.9 Å². The largest absolute Gasteiger partial charge is 0.347 e. The van der Waals surface area contributed by atoms with Gasteiger partial charge in [0.05, 0.1) is 13.1 Å². The van der Waals surface area contributed by atoms with Gasteiger partial charge in [0.2, 0.25) is 0 Å². The van der Waals surface area contributed by atoms with Crippen molar-refractivity contribution in [3.05, 3.63) is 71.8 Å². The van der Waals surface area contributed by atoms with Crippen LogP contribution in [0.25, 0.3) is 0 Å². The lowest BCUT2D eigenvalue weighted by molar-refractivity contribution is 0.0439. The summed E-state index contributed by atoms with van der Waals surface area (Å²) in [5.74, 6) is 1.46. The molecular formula is C30H45N7O. The lowest BCUT2D eigenvalue weighted by atomic mass is 9.79. The van der Waals surface area contributed by atoms with E-state index in [1.54, 1.807) is 29.7 Å². The molecule has 4 rings (SSSR count). The first-order valence-electron chi connectivity index (χ1n) is 14.2. The Morgan fingerprint density at radius 1 is 0.921 bits per heavy atom. The van der Waals surface area contributed by atoms with E-state index < -0.39 is 0 Å². The van der Waals surface area contributed by atoms with Crippen LogP contribution in [0, 0.1) is 0 Å². The van der Waals surface area contributed by atoms with Gasteiger partial charge >= 0.3 is 0 Å². The lowest BCUT2D eigenvalue weighted by Crippen LogP contribution is -2.50. The summed E-state index contributed by atoms with van der Waals surface area (Å²) in [5, 5.41) is 0. The maximum atomic E-state index is 13.4. The maximum absolute atomic E-state index is 13.4. The lowest BCUT2D eigenvalue weighted by Gasteiger charge is -2.46. The van der Waals surface area contributed by atoms with Gasteiger partial charge in [0.25, 0.3) is 5.91 Å². The Kier molecular flexibility index (Phi) is 9.74. The highest BCUT2D eigenvalue weighted by molar-refractivity contribution is 5.94. The number of rotatable bonds is 13. The molecule has 8 nitrogen and oxygen atoms in total. The Morgan fingerprint density at radius 3 is 1.95 bits per heavy atom. The fraction of sp³-hybridized carbons (Fsp3) is 0.567. The highest BCUT2D eigenvalue weighted by Crippen LogP contribution is 2.35. The van der Waals surface area contributed by atoms with Crippen molar-refractivity contribution < 1.29 is 4.79 Å². The van der Waals surface area contributed by atoms with E-state index in [-0.39, 0.29) is 11.4 Å². The summed E-state index contributed by atoms with van der Waals surface area (Å²) in [7, 11) is 2.25. The molecule has 206 valence electrons. The summed E-state index contributed by atoms with van der Waals surface area (Å²) < 4.78 is 0. The van der Waals surface area contributed by atoms with Crippen molar-refractivity contribution in [2.45, 2.75) is 90.5 Å². The number of nitrogens with zero attached hydrogens (tertiary/aromatic N) is 5. The maximum Gasteiger partial charge on any atom is 0.254 e. The Balaban J connectivity index is 1.36. The van der Waals surface area contributed by atoms with Gasteiger partial charge in [-0.1, -0.05) is 26.0 Å². The molecule has 2 N–H and O–H groups in total. The monoisotopic (exact) mass is 519 g/mol. The normalized spacial score (nSPS) is 19.8. The van der Waals surface area contributed by atoms with Crippen LogP contribution in [0.2, 0.25) is 0 Å². The van der Waals surface area contributed by atoms with Crippen molar-refractivity contribution in [3.8, 4) is 0 Å². The molecule has 2 aromatic heterocycles. The van der Waals surface area contributed by atoms with Crippen molar-refractivity contribution >= 4 is 5.91 Å².